The molecule has 1 nitrogen and oxygen atoms in total. The summed E-state index contributed by atoms with van der Waals surface area (Å²) in [5.74, 6) is 0. The van der Waals surface area contributed by atoms with E-state index >= 15 is 0 Å². The summed E-state index contributed by atoms with van der Waals surface area (Å²) >= 11 is 5.16. The Morgan fingerprint density at radius 3 is 2.86 bits per heavy atom. The van der Waals surface area contributed by atoms with Crippen molar-refractivity contribution in [1.29, 1.82) is 0 Å². The number of fused-ring (bicyclic) bond motifs is 1. The summed E-state index contributed by atoms with van der Waals surface area (Å²) in [6, 6.07) is 6.30. The number of aryl methyl sites for hydroxylation is 1. The highest BCUT2D eigenvalue weighted by molar-refractivity contribution is 9.08. The van der Waals surface area contributed by atoms with Gasteiger partial charge in [-0.15, -0.1) is 11.3 Å². The van der Waals surface area contributed by atoms with Gasteiger partial charge in [0.25, 0.3) is 0 Å². The molecule has 0 bridgehead atoms. The SMILES string of the molecule is Cc1cccc2c(CBr)c(CO)sc12. The second kappa shape index (κ2) is 4.01. The van der Waals surface area contributed by atoms with Crippen molar-refractivity contribution in [2.24, 2.45) is 0 Å². The Bertz CT molecular complexity index is 462. The molecule has 2 rings (SSSR count). The zero-order valence-electron chi connectivity index (χ0n) is 7.88. The van der Waals surface area contributed by atoms with E-state index in [1.165, 1.54) is 21.2 Å². The van der Waals surface area contributed by atoms with Crippen molar-refractivity contribution in [2.45, 2.75) is 18.9 Å². The van der Waals surface area contributed by atoms with Gasteiger partial charge in [0.05, 0.1) is 6.61 Å². The third-order valence-corrected chi connectivity index (χ3v) is 4.30. The molecule has 0 atom stereocenters. The first-order valence-corrected chi connectivity index (χ1v) is 6.38. The lowest BCUT2D eigenvalue weighted by Crippen LogP contribution is -1.83. The molecule has 0 saturated carbocycles. The quantitative estimate of drug-likeness (QED) is 0.827. The second-order valence-corrected chi connectivity index (χ2v) is 4.91. The summed E-state index contributed by atoms with van der Waals surface area (Å²) in [7, 11) is 0. The van der Waals surface area contributed by atoms with Gasteiger partial charge in [0.1, 0.15) is 0 Å². The molecule has 0 radical (unpaired) electrons. The molecule has 0 saturated heterocycles. The molecular weight excluding hydrogens is 260 g/mol. The van der Waals surface area contributed by atoms with Gasteiger partial charge in [0.15, 0.2) is 0 Å². The lowest BCUT2D eigenvalue weighted by atomic mass is 10.1. The molecule has 1 aromatic heterocycles. The van der Waals surface area contributed by atoms with E-state index in [1.807, 2.05) is 0 Å². The topological polar surface area (TPSA) is 20.2 Å². The maximum absolute atomic E-state index is 9.23. The largest absolute Gasteiger partial charge is 0.391 e. The van der Waals surface area contributed by atoms with Gasteiger partial charge in [-0.2, -0.15) is 0 Å². The highest BCUT2D eigenvalue weighted by Crippen LogP contribution is 2.34. The number of alkyl halides is 1. The van der Waals surface area contributed by atoms with Gasteiger partial charge in [-0.1, -0.05) is 34.1 Å². The molecule has 0 amide bonds. The summed E-state index contributed by atoms with van der Waals surface area (Å²) in [4.78, 5) is 1.08. The molecule has 14 heavy (non-hydrogen) atoms. The van der Waals surface area contributed by atoms with Crippen LogP contribution in [0.2, 0.25) is 0 Å². The van der Waals surface area contributed by atoms with Crippen LogP contribution in [0, 0.1) is 6.92 Å². The molecule has 0 aliphatic carbocycles. The number of aliphatic hydroxyl groups excluding tert-OH is 1. The van der Waals surface area contributed by atoms with Crippen molar-refractivity contribution < 1.29 is 5.11 Å². The first-order chi connectivity index (χ1) is 6.77. The monoisotopic (exact) mass is 270 g/mol. The van der Waals surface area contributed by atoms with Crippen LogP contribution in [0.5, 0.6) is 0 Å². The summed E-state index contributed by atoms with van der Waals surface area (Å²) in [6.45, 7) is 2.25. The van der Waals surface area contributed by atoms with E-state index in [1.54, 1.807) is 11.3 Å². The number of hydrogen-bond donors (Lipinski definition) is 1. The Hall–Kier alpha value is -0.380. The average Bonchev–Trinajstić information content (AvgIpc) is 2.57. The molecule has 2 aromatic rings. The smallest absolute Gasteiger partial charge is 0.0777 e. The predicted molar refractivity (Wildman–Crippen MR) is 65.1 cm³/mol. The van der Waals surface area contributed by atoms with E-state index in [0.717, 1.165) is 10.2 Å². The summed E-state index contributed by atoms with van der Waals surface area (Å²) in [5.41, 5.74) is 2.52. The third kappa shape index (κ3) is 1.49. The van der Waals surface area contributed by atoms with Gasteiger partial charge in [0.2, 0.25) is 0 Å². The molecule has 74 valence electrons. The minimum absolute atomic E-state index is 0.139. The fourth-order valence-electron chi connectivity index (χ4n) is 1.63. The fraction of sp³-hybridized carbons (Fsp3) is 0.273. The normalized spacial score (nSPS) is 11.1. The Labute approximate surface area is 95.5 Å². The number of rotatable bonds is 2. The van der Waals surface area contributed by atoms with Crippen LogP contribution in [0.4, 0.5) is 0 Å². The van der Waals surface area contributed by atoms with Gasteiger partial charge in [-0.3, -0.25) is 0 Å². The van der Waals surface area contributed by atoms with Crippen LogP contribution in [-0.4, -0.2) is 5.11 Å². The summed E-state index contributed by atoms with van der Waals surface area (Å²) < 4.78 is 1.30. The van der Waals surface area contributed by atoms with Gasteiger partial charge in [-0.25, -0.2) is 0 Å². The zero-order valence-corrected chi connectivity index (χ0v) is 10.3. The standard InChI is InChI=1S/C11H11BrOS/c1-7-3-2-4-8-9(5-12)10(6-13)14-11(7)8/h2-4,13H,5-6H2,1H3. The lowest BCUT2D eigenvalue weighted by molar-refractivity contribution is 0.285. The Morgan fingerprint density at radius 2 is 2.21 bits per heavy atom. The number of benzene rings is 1. The summed E-state index contributed by atoms with van der Waals surface area (Å²) in [6.07, 6.45) is 0. The van der Waals surface area contributed by atoms with Gasteiger partial charge < -0.3 is 5.11 Å². The van der Waals surface area contributed by atoms with E-state index < -0.39 is 0 Å². The van der Waals surface area contributed by atoms with E-state index in [4.69, 9.17) is 0 Å². The molecule has 0 unspecified atom stereocenters. The molecule has 1 N–H and O–H groups in total. The number of thiophene rings is 1. The maximum Gasteiger partial charge on any atom is 0.0777 e. The number of halogens is 1. The predicted octanol–water partition coefficient (Wildman–Crippen LogP) is 3.60. The van der Waals surface area contributed by atoms with Crippen molar-refractivity contribution in [2.75, 3.05) is 0 Å². The van der Waals surface area contributed by atoms with Gasteiger partial charge >= 0.3 is 0 Å². The Balaban J connectivity index is 2.79. The highest BCUT2D eigenvalue weighted by Gasteiger charge is 2.10. The zero-order chi connectivity index (χ0) is 10.1. The van der Waals surface area contributed by atoms with Crippen LogP contribution in [0.1, 0.15) is 16.0 Å². The van der Waals surface area contributed by atoms with E-state index in [9.17, 15) is 5.11 Å². The molecule has 0 aliphatic heterocycles. The minimum atomic E-state index is 0.139. The van der Waals surface area contributed by atoms with Crippen LogP contribution in [0.25, 0.3) is 10.1 Å². The molecule has 1 heterocycles. The van der Waals surface area contributed by atoms with Crippen LogP contribution >= 0.6 is 27.3 Å². The first-order valence-electron chi connectivity index (χ1n) is 4.44. The second-order valence-electron chi connectivity index (χ2n) is 3.25. The maximum atomic E-state index is 9.23. The number of aliphatic hydroxyl groups is 1. The summed E-state index contributed by atoms with van der Waals surface area (Å²) in [5, 5.41) is 11.3. The molecule has 0 aliphatic rings. The molecule has 1 aromatic carbocycles. The fourth-order valence-corrected chi connectivity index (χ4v) is 3.61. The lowest BCUT2D eigenvalue weighted by Gasteiger charge is -1.97. The first kappa shape index (κ1) is 10.1. The van der Waals surface area contributed by atoms with Crippen LogP contribution in [0.3, 0.4) is 0 Å². The number of hydrogen-bond acceptors (Lipinski definition) is 2. The Morgan fingerprint density at radius 1 is 1.43 bits per heavy atom. The van der Waals surface area contributed by atoms with Crippen LogP contribution < -0.4 is 0 Å². The highest BCUT2D eigenvalue weighted by atomic mass is 79.9. The van der Waals surface area contributed by atoms with Gasteiger partial charge in [0, 0.05) is 14.9 Å². The van der Waals surface area contributed by atoms with Crippen molar-refractivity contribution in [3.05, 3.63) is 34.2 Å². The van der Waals surface area contributed by atoms with E-state index in [0.29, 0.717) is 0 Å². The van der Waals surface area contributed by atoms with Crippen LogP contribution in [0.15, 0.2) is 18.2 Å². The van der Waals surface area contributed by atoms with E-state index in [2.05, 4.69) is 41.1 Å². The van der Waals surface area contributed by atoms with Crippen molar-refractivity contribution in [1.82, 2.24) is 0 Å². The molecule has 3 heteroatoms. The van der Waals surface area contributed by atoms with Crippen LogP contribution in [-0.2, 0) is 11.9 Å². The van der Waals surface area contributed by atoms with Gasteiger partial charge in [-0.05, 0) is 23.4 Å². The molecule has 0 fully saturated rings. The third-order valence-electron chi connectivity index (χ3n) is 2.38. The Kier molecular flexibility index (Phi) is 2.91. The van der Waals surface area contributed by atoms with Crippen molar-refractivity contribution in [3.8, 4) is 0 Å². The van der Waals surface area contributed by atoms with Crippen molar-refractivity contribution >= 4 is 37.4 Å². The minimum Gasteiger partial charge on any atom is -0.391 e. The average molecular weight is 271 g/mol. The molecular formula is C11H11BrOS. The molecule has 0 spiro atoms. The van der Waals surface area contributed by atoms with E-state index in [-0.39, 0.29) is 6.61 Å². The van der Waals surface area contributed by atoms with Crippen molar-refractivity contribution in [3.63, 3.8) is 0 Å².